The Morgan fingerprint density at radius 2 is 1.63 bits per heavy atom. The molecule has 3 heterocycles. The first-order valence-corrected chi connectivity index (χ1v) is 11.8. The molecule has 1 unspecified atom stereocenters. The van der Waals surface area contributed by atoms with Gasteiger partial charge in [-0.1, -0.05) is 65.8 Å². The highest BCUT2D eigenvalue weighted by Gasteiger charge is 2.35. The van der Waals surface area contributed by atoms with Crippen molar-refractivity contribution in [2.24, 2.45) is 0 Å². The van der Waals surface area contributed by atoms with Gasteiger partial charge in [-0.15, -0.1) is 0 Å². The van der Waals surface area contributed by atoms with Crippen LogP contribution in [0.5, 0.6) is 11.5 Å². The normalized spacial score (nSPS) is 17.3. The van der Waals surface area contributed by atoms with E-state index in [1.807, 2.05) is 78.6 Å². The molecule has 8 heteroatoms. The molecule has 2 aliphatic heterocycles. The molecular weight excluding hydrogens is 460 g/mol. The van der Waals surface area contributed by atoms with Crippen molar-refractivity contribution in [3.05, 3.63) is 96.0 Å². The third kappa shape index (κ3) is 3.91. The lowest BCUT2D eigenvalue weighted by molar-refractivity contribution is 0.171. The summed E-state index contributed by atoms with van der Waals surface area (Å²) in [5.41, 5.74) is 4.54. The van der Waals surface area contributed by atoms with Gasteiger partial charge in [-0.3, -0.25) is 4.90 Å². The predicted octanol–water partition coefficient (Wildman–Crippen LogP) is 5.37. The molecule has 0 aliphatic carbocycles. The van der Waals surface area contributed by atoms with Gasteiger partial charge in [0, 0.05) is 17.3 Å². The van der Waals surface area contributed by atoms with Crippen molar-refractivity contribution in [3.8, 4) is 22.9 Å². The molecule has 1 aromatic heterocycles. The van der Waals surface area contributed by atoms with Crippen molar-refractivity contribution in [1.29, 1.82) is 0 Å². The summed E-state index contributed by atoms with van der Waals surface area (Å²) in [6.07, 6.45) is 0. The molecule has 174 valence electrons. The van der Waals surface area contributed by atoms with Crippen LogP contribution < -0.4 is 19.7 Å². The molecular formula is C27H22N4O3S. The summed E-state index contributed by atoms with van der Waals surface area (Å²) in [6.45, 7) is 3.07. The van der Waals surface area contributed by atoms with Gasteiger partial charge in [0.15, 0.2) is 16.6 Å². The van der Waals surface area contributed by atoms with Crippen LogP contribution in [0.1, 0.15) is 24.4 Å². The number of benzene rings is 3. The summed E-state index contributed by atoms with van der Waals surface area (Å²) in [5, 5.41) is 8.32. The molecule has 1 N–H and O–H groups in total. The molecule has 0 amide bonds. The van der Waals surface area contributed by atoms with E-state index in [1.165, 1.54) is 0 Å². The van der Waals surface area contributed by atoms with Crippen LogP contribution in [0.4, 0.5) is 5.69 Å². The Morgan fingerprint density at radius 3 is 2.40 bits per heavy atom. The molecule has 0 saturated carbocycles. The van der Waals surface area contributed by atoms with E-state index < -0.39 is 0 Å². The van der Waals surface area contributed by atoms with Crippen LogP contribution >= 0.6 is 12.2 Å². The minimum Gasteiger partial charge on any atom is -0.486 e. The summed E-state index contributed by atoms with van der Waals surface area (Å²) in [7, 11) is 0. The summed E-state index contributed by atoms with van der Waals surface area (Å²) in [4.78, 5) is 6.73. The fraction of sp³-hybridized carbons (Fsp3) is 0.148. The number of hydrogen-bond acceptors (Lipinski definition) is 6. The Hall–Kier alpha value is -4.17. The third-order valence-electron chi connectivity index (χ3n) is 6.09. The number of ether oxygens (including phenoxy) is 2. The number of aromatic nitrogens is 2. The fourth-order valence-corrected chi connectivity index (χ4v) is 4.80. The predicted molar refractivity (Wildman–Crippen MR) is 137 cm³/mol. The average molecular weight is 483 g/mol. The van der Waals surface area contributed by atoms with Gasteiger partial charge in [0.25, 0.3) is 5.89 Å². The maximum Gasteiger partial charge on any atom is 0.258 e. The van der Waals surface area contributed by atoms with Crippen molar-refractivity contribution in [2.75, 3.05) is 18.1 Å². The van der Waals surface area contributed by atoms with Gasteiger partial charge < -0.3 is 19.3 Å². The first kappa shape index (κ1) is 21.4. The quantitative estimate of drug-likeness (QED) is 0.389. The maximum absolute atomic E-state index is 5.84. The molecule has 2 aliphatic rings. The summed E-state index contributed by atoms with van der Waals surface area (Å²) in [6, 6.07) is 25.5. The number of anilines is 1. The summed E-state index contributed by atoms with van der Waals surface area (Å²) in [5.74, 6) is 2.39. The monoisotopic (exact) mass is 482 g/mol. The van der Waals surface area contributed by atoms with Crippen molar-refractivity contribution in [2.45, 2.75) is 13.0 Å². The van der Waals surface area contributed by atoms with Gasteiger partial charge in [-0.2, -0.15) is 4.98 Å². The fourth-order valence-electron chi connectivity index (χ4n) is 4.43. The Bertz CT molecular complexity index is 1420. The minimum absolute atomic E-state index is 0.249. The molecule has 0 spiro atoms. The van der Waals surface area contributed by atoms with Crippen molar-refractivity contribution in [3.63, 3.8) is 0 Å². The minimum atomic E-state index is -0.249. The van der Waals surface area contributed by atoms with Crippen LogP contribution in [0.15, 0.2) is 89.1 Å². The van der Waals surface area contributed by atoms with E-state index >= 15 is 0 Å². The zero-order valence-corrected chi connectivity index (χ0v) is 19.8. The number of hydrogen-bond donors (Lipinski definition) is 1. The third-order valence-corrected chi connectivity index (χ3v) is 6.39. The topological polar surface area (TPSA) is 72.7 Å². The lowest BCUT2D eigenvalue weighted by atomic mass is 9.94. The zero-order chi connectivity index (χ0) is 23.8. The molecule has 0 saturated heterocycles. The van der Waals surface area contributed by atoms with E-state index in [9.17, 15) is 0 Å². The largest absolute Gasteiger partial charge is 0.486 e. The van der Waals surface area contributed by atoms with E-state index in [-0.39, 0.29) is 6.04 Å². The Morgan fingerprint density at radius 1 is 0.914 bits per heavy atom. The van der Waals surface area contributed by atoms with E-state index in [4.69, 9.17) is 31.2 Å². The second-order valence-corrected chi connectivity index (χ2v) is 8.63. The molecule has 35 heavy (non-hydrogen) atoms. The number of rotatable bonds is 4. The lowest BCUT2D eigenvalue weighted by Crippen LogP contribution is -2.46. The highest BCUT2D eigenvalue weighted by atomic mass is 32.1. The molecule has 6 rings (SSSR count). The Balaban J connectivity index is 1.48. The molecule has 0 fully saturated rings. The van der Waals surface area contributed by atoms with E-state index in [2.05, 4.69) is 22.6 Å². The number of thiocarbonyl (C=S) groups is 1. The van der Waals surface area contributed by atoms with Crippen LogP contribution in [0.25, 0.3) is 17.0 Å². The van der Waals surface area contributed by atoms with Gasteiger partial charge >= 0.3 is 0 Å². The zero-order valence-electron chi connectivity index (χ0n) is 19.0. The second-order valence-electron chi connectivity index (χ2n) is 8.24. The molecule has 4 aromatic rings. The SMILES string of the molecule is CC1=C(c2nc(-c3ccccc3)no2)C(c2ccccc2)NC(=S)N1c1ccc2c(c1)OCCO2. The van der Waals surface area contributed by atoms with Crippen LogP contribution in [0.3, 0.4) is 0 Å². The number of nitrogens with one attached hydrogen (secondary N) is 1. The Labute approximate surface area is 208 Å². The molecule has 7 nitrogen and oxygen atoms in total. The van der Waals surface area contributed by atoms with Crippen LogP contribution in [0, 0.1) is 0 Å². The van der Waals surface area contributed by atoms with E-state index in [1.54, 1.807) is 0 Å². The standard InChI is InChI=1S/C27H22N4O3S/c1-17-23(26-29-25(30-34-26)19-10-6-3-7-11-19)24(18-8-4-2-5-9-18)28-27(35)31(17)20-12-13-21-22(16-20)33-15-14-32-21/h2-13,16,24H,14-15H2,1H3,(H,28,35). The van der Waals surface area contributed by atoms with Gasteiger partial charge in [0.2, 0.25) is 5.82 Å². The van der Waals surface area contributed by atoms with Crippen molar-refractivity contribution < 1.29 is 14.0 Å². The Kier molecular flexibility index (Phi) is 5.42. The van der Waals surface area contributed by atoms with E-state index in [0.717, 1.165) is 33.8 Å². The highest BCUT2D eigenvalue weighted by Crippen LogP contribution is 2.41. The second kappa shape index (κ2) is 8.88. The van der Waals surface area contributed by atoms with Crippen LogP contribution in [0.2, 0.25) is 0 Å². The lowest BCUT2D eigenvalue weighted by Gasteiger charge is -2.37. The molecule has 0 radical (unpaired) electrons. The van der Waals surface area contributed by atoms with Gasteiger partial charge in [0.05, 0.1) is 17.3 Å². The molecule has 0 bridgehead atoms. The molecule has 1 atom stereocenters. The molecule has 3 aromatic carbocycles. The first-order valence-electron chi connectivity index (χ1n) is 11.3. The number of fused-ring (bicyclic) bond motifs is 1. The highest BCUT2D eigenvalue weighted by molar-refractivity contribution is 7.80. The first-order chi connectivity index (χ1) is 17.2. The van der Waals surface area contributed by atoms with Crippen LogP contribution in [-0.2, 0) is 0 Å². The number of nitrogens with zero attached hydrogens (tertiary/aromatic N) is 3. The van der Waals surface area contributed by atoms with Crippen LogP contribution in [-0.4, -0.2) is 28.5 Å². The van der Waals surface area contributed by atoms with Gasteiger partial charge in [-0.05, 0) is 36.8 Å². The summed E-state index contributed by atoms with van der Waals surface area (Å²) >= 11 is 5.84. The van der Waals surface area contributed by atoms with Crippen molar-refractivity contribution >= 4 is 28.6 Å². The van der Waals surface area contributed by atoms with E-state index in [0.29, 0.717) is 35.8 Å². The van der Waals surface area contributed by atoms with Gasteiger partial charge in [0.1, 0.15) is 13.2 Å². The summed E-state index contributed by atoms with van der Waals surface area (Å²) < 4.78 is 17.3. The smallest absolute Gasteiger partial charge is 0.258 e. The number of allylic oxidation sites excluding steroid dienone is 1. The van der Waals surface area contributed by atoms with Crippen molar-refractivity contribution in [1.82, 2.24) is 15.5 Å². The average Bonchev–Trinajstić information content (AvgIpc) is 3.39. The van der Waals surface area contributed by atoms with Gasteiger partial charge in [-0.25, -0.2) is 0 Å². The maximum atomic E-state index is 5.84.